The zero-order valence-electron chi connectivity index (χ0n) is 13.1. The molecular weight excluding hydrogens is 248 g/mol. The van der Waals surface area contributed by atoms with Crippen LogP contribution in [0.1, 0.15) is 27.7 Å². The molecule has 0 atom stereocenters. The first kappa shape index (κ1) is 14.8. The van der Waals surface area contributed by atoms with Crippen LogP contribution >= 0.6 is 0 Å². The fraction of sp³-hybridized carbons (Fsp3) is 0.529. The number of nitrogens with zero attached hydrogens (tertiary/aromatic N) is 2. The highest BCUT2D eigenvalue weighted by Gasteiger charge is 2.17. The molecule has 1 aromatic carbocycles. The van der Waals surface area contributed by atoms with Crippen LogP contribution in [0.5, 0.6) is 5.75 Å². The first-order valence-corrected chi connectivity index (χ1v) is 7.30. The van der Waals surface area contributed by atoms with E-state index in [1.165, 1.54) is 11.4 Å². The summed E-state index contributed by atoms with van der Waals surface area (Å²) in [7, 11) is 0. The molecule has 0 bridgehead atoms. The molecule has 1 aromatic rings. The zero-order chi connectivity index (χ0) is 14.8. The minimum Gasteiger partial charge on any atom is -0.488 e. The highest BCUT2D eigenvalue weighted by Crippen LogP contribution is 2.23. The Morgan fingerprint density at radius 1 is 1.05 bits per heavy atom. The molecule has 1 heterocycles. The van der Waals surface area contributed by atoms with Crippen molar-refractivity contribution in [1.29, 1.82) is 0 Å². The molecule has 0 spiro atoms. The van der Waals surface area contributed by atoms with Crippen molar-refractivity contribution >= 4 is 5.69 Å². The summed E-state index contributed by atoms with van der Waals surface area (Å²) in [6.07, 6.45) is 0. The van der Waals surface area contributed by atoms with Crippen molar-refractivity contribution in [2.75, 3.05) is 31.1 Å². The van der Waals surface area contributed by atoms with Gasteiger partial charge in [0.2, 0.25) is 0 Å². The average molecular weight is 274 g/mol. The van der Waals surface area contributed by atoms with Gasteiger partial charge in [-0.2, -0.15) is 0 Å². The van der Waals surface area contributed by atoms with Gasteiger partial charge in [-0.15, -0.1) is 0 Å². The van der Waals surface area contributed by atoms with Crippen LogP contribution in [0.4, 0.5) is 5.69 Å². The molecule has 0 unspecified atom stereocenters. The Kier molecular flexibility index (Phi) is 4.26. The lowest BCUT2D eigenvalue weighted by Gasteiger charge is -2.37. The summed E-state index contributed by atoms with van der Waals surface area (Å²) in [5, 5.41) is 0. The van der Waals surface area contributed by atoms with Crippen molar-refractivity contribution in [3.63, 3.8) is 0 Å². The number of hydrogen-bond donors (Lipinski definition) is 0. The predicted octanol–water partition coefficient (Wildman–Crippen LogP) is 3.52. The highest BCUT2D eigenvalue weighted by molar-refractivity contribution is 5.49. The van der Waals surface area contributed by atoms with Gasteiger partial charge in [0.15, 0.2) is 0 Å². The summed E-state index contributed by atoms with van der Waals surface area (Å²) >= 11 is 0. The minimum absolute atomic E-state index is 0.144. The van der Waals surface area contributed by atoms with Crippen LogP contribution < -0.4 is 9.64 Å². The minimum atomic E-state index is -0.144. The summed E-state index contributed by atoms with van der Waals surface area (Å²) < 4.78 is 5.85. The number of hydrogen-bond acceptors (Lipinski definition) is 3. The van der Waals surface area contributed by atoms with Gasteiger partial charge in [-0.05, 0) is 52.0 Å². The third-order valence-electron chi connectivity index (χ3n) is 3.45. The number of allylic oxidation sites excluding steroid dienone is 1. The first-order valence-electron chi connectivity index (χ1n) is 7.30. The van der Waals surface area contributed by atoms with E-state index in [9.17, 15) is 0 Å². The topological polar surface area (TPSA) is 15.7 Å². The number of ether oxygens (including phenoxy) is 1. The third-order valence-corrected chi connectivity index (χ3v) is 3.45. The van der Waals surface area contributed by atoms with Crippen LogP contribution in [-0.2, 0) is 0 Å². The van der Waals surface area contributed by atoms with Crippen LogP contribution in [0.15, 0.2) is 36.5 Å². The van der Waals surface area contributed by atoms with Crippen LogP contribution in [0, 0.1) is 0 Å². The Morgan fingerprint density at radius 2 is 1.60 bits per heavy atom. The Labute approximate surface area is 122 Å². The molecule has 0 saturated carbocycles. The maximum absolute atomic E-state index is 5.85. The fourth-order valence-corrected chi connectivity index (χ4v) is 2.42. The summed E-state index contributed by atoms with van der Waals surface area (Å²) in [4.78, 5) is 4.76. The second-order valence-electron chi connectivity index (χ2n) is 6.42. The molecule has 110 valence electrons. The Hall–Kier alpha value is -1.64. The first-order chi connectivity index (χ1) is 9.35. The smallest absolute Gasteiger partial charge is 0.120 e. The van der Waals surface area contributed by atoms with E-state index in [0.29, 0.717) is 0 Å². The highest BCUT2D eigenvalue weighted by atomic mass is 16.5. The van der Waals surface area contributed by atoms with Crippen molar-refractivity contribution in [3.8, 4) is 5.75 Å². The largest absolute Gasteiger partial charge is 0.488 e. The molecule has 1 fully saturated rings. The molecule has 0 aliphatic carbocycles. The fourth-order valence-electron chi connectivity index (χ4n) is 2.42. The van der Waals surface area contributed by atoms with Crippen LogP contribution in [0.3, 0.4) is 0 Å². The standard InChI is InChI=1S/C17H26N2O/c1-14(2)18-10-12-19(13-11-18)15-6-8-16(9-7-15)20-17(3,4)5/h6-9H,1,10-13H2,2-5H3. The van der Waals surface area contributed by atoms with Crippen LogP contribution in [0.25, 0.3) is 0 Å². The van der Waals surface area contributed by atoms with Crippen molar-refractivity contribution in [3.05, 3.63) is 36.5 Å². The molecule has 2 rings (SSSR count). The van der Waals surface area contributed by atoms with E-state index in [1.807, 2.05) is 0 Å². The van der Waals surface area contributed by atoms with Gasteiger partial charge in [0.1, 0.15) is 11.4 Å². The van der Waals surface area contributed by atoms with E-state index in [0.717, 1.165) is 31.9 Å². The molecule has 1 aliphatic rings. The van der Waals surface area contributed by atoms with Gasteiger partial charge in [0.05, 0.1) is 0 Å². The van der Waals surface area contributed by atoms with E-state index in [2.05, 4.69) is 68.3 Å². The molecule has 0 N–H and O–H groups in total. The number of piperazine rings is 1. The normalized spacial score (nSPS) is 16.2. The zero-order valence-corrected chi connectivity index (χ0v) is 13.1. The van der Waals surface area contributed by atoms with E-state index in [-0.39, 0.29) is 5.60 Å². The molecule has 1 aliphatic heterocycles. The Balaban J connectivity index is 1.96. The molecule has 0 radical (unpaired) electrons. The van der Waals surface area contributed by atoms with Gasteiger partial charge in [-0.3, -0.25) is 0 Å². The lowest BCUT2D eigenvalue weighted by atomic mass is 10.2. The van der Waals surface area contributed by atoms with E-state index in [1.54, 1.807) is 0 Å². The quantitative estimate of drug-likeness (QED) is 0.838. The summed E-state index contributed by atoms with van der Waals surface area (Å²) in [6.45, 7) is 16.5. The lowest BCUT2D eigenvalue weighted by Crippen LogP contribution is -2.45. The SMILES string of the molecule is C=C(C)N1CCN(c2ccc(OC(C)(C)C)cc2)CC1. The maximum atomic E-state index is 5.85. The molecule has 3 heteroatoms. The molecule has 3 nitrogen and oxygen atoms in total. The van der Waals surface area contributed by atoms with E-state index in [4.69, 9.17) is 4.74 Å². The predicted molar refractivity (Wildman–Crippen MR) is 85.4 cm³/mol. The van der Waals surface area contributed by atoms with Gasteiger partial charge in [0.25, 0.3) is 0 Å². The summed E-state index contributed by atoms with van der Waals surface area (Å²) in [5.41, 5.74) is 2.29. The molecular formula is C17H26N2O. The second-order valence-corrected chi connectivity index (χ2v) is 6.42. The van der Waals surface area contributed by atoms with Gasteiger partial charge >= 0.3 is 0 Å². The number of benzene rings is 1. The van der Waals surface area contributed by atoms with E-state index < -0.39 is 0 Å². The van der Waals surface area contributed by atoms with Gasteiger partial charge in [-0.25, -0.2) is 0 Å². The lowest BCUT2D eigenvalue weighted by molar-refractivity contribution is 0.131. The van der Waals surface area contributed by atoms with Crippen molar-refractivity contribution in [1.82, 2.24) is 4.90 Å². The Bertz CT molecular complexity index is 451. The van der Waals surface area contributed by atoms with Crippen molar-refractivity contribution < 1.29 is 4.74 Å². The van der Waals surface area contributed by atoms with Gasteiger partial charge in [-0.1, -0.05) is 6.58 Å². The average Bonchev–Trinajstić information content (AvgIpc) is 2.38. The van der Waals surface area contributed by atoms with Gasteiger partial charge in [0, 0.05) is 37.6 Å². The summed E-state index contributed by atoms with van der Waals surface area (Å²) in [5.74, 6) is 0.932. The monoisotopic (exact) mass is 274 g/mol. The van der Waals surface area contributed by atoms with Crippen molar-refractivity contribution in [2.45, 2.75) is 33.3 Å². The second kappa shape index (κ2) is 5.78. The maximum Gasteiger partial charge on any atom is 0.120 e. The molecule has 0 amide bonds. The van der Waals surface area contributed by atoms with Crippen LogP contribution in [-0.4, -0.2) is 36.7 Å². The number of rotatable bonds is 3. The third kappa shape index (κ3) is 3.92. The summed E-state index contributed by atoms with van der Waals surface area (Å²) in [6, 6.07) is 8.42. The molecule has 0 aromatic heterocycles. The van der Waals surface area contributed by atoms with E-state index >= 15 is 0 Å². The molecule has 1 saturated heterocycles. The van der Waals surface area contributed by atoms with Gasteiger partial charge < -0.3 is 14.5 Å². The molecule has 20 heavy (non-hydrogen) atoms. The Morgan fingerprint density at radius 3 is 2.05 bits per heavy atom. The van der Waals surface area contributed by atoms with Crippen molar-refractivity contribution in [2.24, 2.45) is 0 Å². The number of anilines is 1. The van der Waals surface area contributed by atoms with Crippen LogP contribution in [0.2, 0.25) is 0 Å².